The van der Waals surface area contributed by atoms with E-state index in [9.17, 15) is 4.39 Å². The number of hydrogen-bond donors (Lipinski definition) is 2. The fraction of sp³-hybridized carbons (Fsp3) is 0.0769. The van der Waals surface area contributed by atoms with Crippen molar-refractivity contribution in [2.75, 3.05) is 0 Å². The van der Waals surface area contributed by atoms with Gasteiger partial charge in [-0.1, -0.05) is 17.3 Å². The highest BCUT2D eigenvalue weighted by molar-refractivity contribution is 5.95. The summed E-state index contributed by atoms with van der Waals surface area (Å²) in [5.74, 6) is -0.0337. The van der Waals surface area contributed by atoms with Gasteiger partial charge in [-0.25, -0.2) is 9.37 Å². The zero-order valence-corrected chi connectivity index (χ0v) is 10.2. The monoisotopic (exact) mass is 261 g/mol. The van der Waals surface area contributed by atoms with Crippen molar-refractivity contribution in [3.8, 4) is 11.5 Å². The summed E-state index contributed by atoms with van der Waals surface area (Å²) < 4.78 is 19.1. The van der Waals surface area contributed by atoms with E-state index in [2.05, 4.69) is 10.1 Å². The van der Waals surface area contributed by atoms with Crippen LogP contribution >= 0.6 is 0 Å². The van der Waals surface area contributed by atoms with Gasteiger partial charge >= 0.3 is 0 Å². The number of ether oxygens (including phenoxy) is 1. The number of benzene rings is 1. The lowest BCUT2D eigenvalue weighted by atomic mass is 10.2. The summed E-state index contributed by atoms with van der Waals surface area (Å²) in [6.07, 6.45) is 1.37. The lowest BCUT2D eigenvalue weighted by Crippen LogP contribution is -2.14. The molecule has 19 heavy (non-hydrogen) atoms. The van der Waals surface area contributed by atoms with Crippen LogP contribution in [0.25, 0.3) is 0 Å². The second-order valence-corrected chi connectivity index (χ2v) is 3.85. The van der Waals surface area contributed by atoms with Gasteiger partial charge in [0.05, 0.1) is 6.20 Å². The molecule has 1 aromatic heterocycles. The van der Waals surface area contributed by atoms with Crippen LogP contribution < -0.4 is 10.5 Å². The van der Waals surface area contributed by atoms with Crippen LogP contribution in [0, 0.1) is 12.7 Å². The first kappa shape index (κ1) is 12.8. The number of halogens is 1. The predicted molar refractivity (Wildman–Crippen MR) is 68.0 cm³/mol. The minimum Gasteiger partial charge on any atom is -0.453 e. The van der Waals surface area contributed by atoms with Crippen LogP contribution in [-0.2, 0) is 0 Å². The first-order valence-corrected chi connectivity index (χ1v) is 5.48. The maximum Gasteiger partial charge on any atom is 0.188 e. The summed E-state index contributed by atoms with van der Waals surface area (Å²) in [5, 5.41) is 11.3. The molecule has 0 aliphatic rings. The molecule has 2 aromatic rings. The van der Waals surface area contributed by atoms with Crippen molar-refractivity contribution >= 4 is 5.84 Å². The zero-order chi connectivity index (χ0) is 13.8. The Morgan fingerprint density at radius 2 is 2.16 bits per heavy atom. The molecule has 0 saturated heterocycles. The molecule has 0 radical (unpaired) electrons. The molecule has 0 fully saturated rings. The van der Waals surface area contributed by atoms with Gasteiger partial charge in [0.25, 0.3) is 0 Å². The summed E-state index contributed by atoms with van der Waals surface area (Å²) in [5.41, 5.74) is 6.18. The lowest BCUT2D eigenvalue weighted by Gasteiger charge is -2.08. The van der Waals surface area contributed by atoms with Crippen molar-refractivity contribution in [1.82, 2.24) is 4.98 Å². The van der Waals surface area contributed by atoms with Gasteiger partial charge in [-0.05, 0) is 30.7 Å². The number of nitrogens with two attached hydrogens (primary N) is 1. The fourth-order valence-corrected chi connectivity index (χ4v) is 1.47. The number of pyridine rings is 1. The first-order valence-electron chi connectivity index (χ1n) is 5.48. The third-order valence-corrected chi connectivity index (χ3v) is 2.49. The van der Waals surface area contributed by atoms with E-state index >= 15 is 0 Å². The van der Waals surface area contributed by atoms with Crippen molar-refractivity contribution < 1.29 is 14.3 Å². The van der Waals surface area contributed by atoms with Crippen molar-refractivity contribution in [2.45, 2.75) is 6.92 Å². The van der Waals surface area contributed by atoms with E-state index in [1.54, 1.807) is 25.1 Å². The van der Waals surface area contributed by atoms with Crippen molar-refractivity contribution in [1.29, 1.82) is 0 Å². The van der Waals surface area contributed by atoms with E-state index in [0.717, 1.165) is 0 Å². The molecule has 0 aliphatic heterocycles. The van der Waals surface area contributed by atoms with E-state index in [0.29, 0.717) is 17.0 Å². The molecule has 0 saturated carbocycles. The average Bonchev–Trinajstić information content (AvgIpc) is 2.44. The number of nitrogens with zero attached hydrogens (tertiary/aromatic N) is 2. The topological polar surface area (TPSA) is 80.7 Å². The van der Waals surface area contributed by atoms with Crippen molar-refractivity contribution in [3.05, 3.63) is 53.6 Å². The highest BCUT2D eigenvalue weighted by Crippen LogP contribution is 2.25. The second kappa shape index (κ2) is 5.34. The second-order valence-electron chi connectivity index (χ2n) is 3.85. The Balaban J connectivity index is 2.22. The molecule has 6 heteroatoms. The maximum absolute atomic E-state index is 13.7. The zero-order valence-electron chi connectivity index (χ0n) is 10.2. The van der Waals surface area contributed by atoms with E-state index in [1.807, 2.05) is 0 Å². The van der Waals surface area contributed by atoms with Gasteiger partial charge in [0.1, 0.15) is 11.4 Å². The number of rotatable bonds is 3. The van der Waals surface area contributed by atoms with Crippen molar-refractivity contribution in [3.63, 3.8) is 0 Å². The van der Waals surface area contributed by atoms with Gasteiger partial charge in [0, 0.05) is 0 Å². The van der Waals surface area contributed by atoms with E-state index in [4.69, 9.17) is 15.7 Å². The Bertz CT molecular complexity index is 612. The molecule has 0 bridgehead atoms. The van der Waals surface area contributed by atoms with Crippen LogP contribution in [0.2, 0.25) is 0 Å². The lowest BCUT2D eigenvalue weighted by molar-refractivity contribution is 0.318. The van der Waals surface area contributed by atoms with Crippen LogP contribution in [0.4, 0.5) is 4.39 Å². The minimum absolute atomic E-state index is 0.103. The molecule has 0 atom stereocenters. The van der Waals surface area contributed by atoms with Crippen molar-refractivity contribution in [2.24, 2.45) is 10.9 Å². The van der Waals surface area contributed by atoms with Crippen LogP contribution in [-0.4, -0.2) is 16.0 Å². The van der Waals surface area contributed by atoms with E-state index < -0.39 is 5.82 Å². The summed E-state index contributed by atoms with van der Waals surface area (Å²) in [6.45, 7) is 1.65. The fourth-order valence-electron chi connectivity index (χ4n) is 1.47. The molecular formula is C13H12FN3O2. The molecule has 5 nitrogen and oxygen atoms in total. The summed E-state index contributed by atoms with van der Waals surface area (Å²) >= 11 is 0. The van der Waals surface area contributed by atoms with Gasteiger partial charge in [-0.2, -0.15) is 0 Å². The summed E-state index contributed by atoms with van der Waals surface area (Å²) in [6, 6.07) is 7.95. The van der Waals surface area contributed by atoms with Gasteiger partial charge in [0.15, 0.2) is 17.4 Å². The van der Waals surface area contributed by atoms with Crippen LogP contribution in [0.15, 0.2) is 41.7 Å². The first-order chi connectivity index (χ1) is 9.11. The Morgan fingerprint density at radius 3 is 2.79 bits per heavy atom. The normalized spacial score (nSPS) is 11.4. The Labute approximate surface area is 109 Å². The number of oxime groups is 1. The summed E-state index contributed by atoms with van der Waals surface area (Å²) in [4.78, 5) is 3.93. The molecule has 2 rings (SSSR count). The molecule has 3 N–H and O–H groups in total. The van der Waals surface area contributed by atoms with Gasteiger partial charge in [-0.3, -0.25) is 0 Å². The van der Waals surface area contributed by atoms with Gasteiger partial charge in [-0.15, -0.1) is 0 Å². The third kappa shape index (κ3) is 2.79. The SMILES string of the molecule is Cc1cccc(Oc2ccc(/C(N)=N/O)nc2)c1F. The van der Waals surface area contributed by atoms with E-state index in [-0.39, 0.29) is 11.6 Å². The highest BCUT2D eigenvalue weighted by Gasteiger charge is 2.08. The number of aromatic nitrogens is 1. The Morgan fingerprint density at radius 1 is 1.37 bits per heavy atom. The maximum atomic E-state index is 13.7. The quantitative estimate of drug-likeness (QED) is 0.385. The average molecular weight is 261 g/mol. The van der Waals surface area contributed by atoms with Gasteiger partial charge in [0.2, 0.25) is 0 Å². The van der Waals surface area contributed by atoms with Crippen LogP contribution in [0.5, 0.6) is 11.5 Å². The molecule has 1 heterocycles. The van der Waals surface area contributed by atoms with Crippen LogP contribution in [0.1, 0.15) is 11.3 Å². The molecule has 1 aromatic carbocycles. The highest BCUT2D eigenvalue weighted by atomic mass is 19.1. The predicted octanol–water partition coefficient (Wildman–Crippen LogP) is 2.42. The summed E-state index contributed by atoms with van der Waals surface area (Å²) in [7, 11) is 0. The largest absolute Gasteiger partial charge is 0.453 e. The number of amidine groups is 1. The molecule has 98 valence electrons. The minimum atomic E-state index is -0.414. The Hall–Kier alpha value is -2.63. The molecule has 0 amide bonds. The number of hydrogen-bond acceptors (Lipinski definition) is 4. The molecule has 0 aliphatic carbocycles. The number of aryl methyl sites for hydroxylation is 1. The molecular weight excluding hydrogens is 249 g/mol. The van der Waals surface area contributed by atoms with Gasteiger partial charge < -0.3 is 15.7 Å². The smallest absolute Gasteiger partial charge is 0.188 e. The van der Waals surface area contributed by atoms with E-state index in [1.165, 1.54) is 18.3 Å². The molecule has 0 spiro atoms. The Kier molecular flexibility index (Phi) is 3.61. The third-order valence-electron chi connectivity index (χ3n) is 2.49. The standard InChI is InChI=1S/C13H12FN3O2/c1-8-3-2-4-11(12(8)14)19-9-5-6-10(16-7-9)13(15)17-18/h2-7,18H,1H3,(H2,15,17). The van der Waals surface area contributed by atoms with Crippen LogP contribution in [0.3, 0.4) is 0 Å². The molecule has 0 unspecified atom stereocenters.